The predicted molar refractivity (Wildman–Crippen MR) is 127 cm³/mol. The highest BCUT2D eigenvalue weighted by atomic mass is 16.6. The van der Waals surface area contributed by atoms with Crippen LogP contribution in [0.15, 0.2) is 29.4 Å². The van der Waals surface area contributed by atoms with Gasteiger partial charge in [-0.1, -0.05) is 17.3 Å². The summed E-state index contributed by atoms with van der Waals surface area (Å²) in [5.74, 6) is 0.838. The molecule has 32 heavy (non-hydrogen) atoms. The summed E-state index contributed by atoms with van der Waals surface area (Å²) >= 11 is 0. The summed E-state index contributed by atoms with van der Waals surface area (Å²) in [6, 6.07) is 8.00. The molecule has 6 heteroatoms. The first-order valence-electron chi connectivity index (χ1n) is 12.6. The highest BCUT2D eigenvalue weighted by Gasteiger charge is 2.44. The molecular weight excluding hydrogens is 402 g/mol. The molecule has 4 rings (SSSR count). The molecule has 1 saturated carbocycles. The van der Waals surface area contributed by atoms with Crippen molar-refractivity contribution < 1.29 is 14.4 Å². The molecule has 2 heterocycles. The maximum absolute atomic E-state index is 12.2. The molecule has 6 nitrogen and oxygen atoms in total. The number of carbonyl (C=O) groups is 1. The number of oxime groups is 1. The minimum absolute atomic E-state index is 0.0903. The van der Waals surface area contributed by atoms with Crippen LogP contribution in [0.25, 0.3) is 0 Å². The third kappa shape index (κ3) is 7.22. The summed E-state index contributed by atoms with van der Waals surface area (Å²) in [6.07, 6.45) is 13.8. The van der Waals surface area contributed by atoms with Gasteiger partial charge in [-0.25, -0.2) is 0 Å². The Balaban J connectivity index is 1.02. The number of aryl methyl sites for hydroxylation is 1. The lowest BCUT2D eigenvalue weighted by Gasteiger charge is -2.31. The van der Waals surface area contributed by atoms with Crippen molar-refractivity contribution in [3.8, 4) is 5.75 Å². The molecule has 176 valence electrons. The van der Waals surface area contributed by atoms with E-state index in [0.717, 1.165) is 62.9 Å². The average molecular weight is 442 g/mol. The highest BCUT2D eigenvalue weighted by molar-refractivity contribution is 5.77. The van der Waals surface area contributed by atoms with Crippen molar-refractivity contribution in [2.75, 3.05) is 45.9 Å². The van der Waals surface area contributed by atoms with Crippen molar-refractivity contribution in [1.29, 1.82) is 0 Å². The van der Waals surface area contributed by atoms with E-state index in [1.165, 1.54) is 50.8 Å². The number of rotatable bonds is 11. The van der Waals surface area contributed by atoms with Gasteiger partial charge in [0, 0.05) is 25.8 Å². The second-order valence-corrected chi connectivity index (χ2v) is 9.73. The van der Waals surface area contributed by atoms with Gasteiger partial charge in [-0.05, 0) is 100 Å². The molecule has 0 radical (unpaired) electrons. The molecule has 1 aromatic carbocycles. The lowest BCUT2D eigenvalue weighted by molar-refractivity contribution is -0.134. The Morgan fingerprint density at radius 3 is 2.47 bits per heavy atom. The molecule has 0 N–H and O–H groups in total. The van der Waals surface area contributed by atoms with Crippen LogP contribution in [0.5, 0.6) is 5.75 Å². The first kappa shape index (κ1) is 23.1. The van der Waals surface area contributed by atoms with Crippen molar-refractivity contribution in [3.63, 3.8) is 0 Å². The zero-order valence-electron chi connectivity index (χ0n) is 19.5. The molecule has 3 fully saturated rings. The largest absolute Gasteiger partial charge is 0.484 e. The van der Waals surface area contributed by atoms with E-state index in [-0.39, 0.29) is 12.5 Å². The molecule has 1 spiro atoms. The van der Waals surface area contributed by atoms with E-state index in [1.54, 1.807) is 0 Å². The maximum Gasteiger partial charge on any atom is 0.260 e. The van der Waals surface area contributed by atoms with Crippen LogP contribution in [0.1, 0.15) is 63.4 Å². The fourth-order valence-electron chi connectivity index (χ4n) is 4.80. The number of likely N-dealkylation sites (tertiary alicyclic amines) is 2. The molecule has 1 aromatic rings. The summed E-state index contributed by atoms with van der Waals surface area (Å²) in [5, 5.41) is 4.10. The van der Waals surface area contributed by atoms with Gasteiger partial charge >= 0.3 is 0 Å². The molecule has 0 aromatic heterocycles. The molecular formula is C26H39N3O3. The van der Waals surface area contributed by atoms with Gasteiger partial charge < -0.3 is 19.4 Å². The van der Waals surface area contributed by atoms with Crippen molar-refractivity contribution in [2.45, 2.75) is 64.2 Å². The summed E-state index contributed by atoms with van der Waals surface area (Å²) in [5.41, 5.74) is 1.99. The van der Waals surface area contributed by atoms with Gasteiger partial charge in [0.05, 0.1) is 0 Å². The zero-order chi connectivity index (χ0) is 22.1. The van der Waals surface area contributed by atoms with E-state index < -0.39 is 0 Å². The molecule has 2 aliphatic heterocycles. The number of ether oxygens (including phenoxy) is 1. The lowest BCUT2D eigenvalue weighted by Crippen LogP contribution is -2.38. The van der Waals surface area contributed by atoms with E-state index in [4.69, 9.17) is 9.57 Å². The van der Waals surface area contributed by atoms with Crippen molar-refractivity contribution in [1.82, 2.24) is 9.80 Å². The van der Waals surface area contributed by atoms with Crippen LogP contribution in [-0.4, -0.2) is 67.9 Å². The molecule has 0 atom stereocenters. The first-order valence-corrected chi connectivity index (χ1v) is 12.6. The smallest absolute Gasteiger partial charge is 0.260 e. The van der Waals surface area contributed by atoms with Gasteiger partial charge in [-0.2, -0.15) is 0 Å². The number of hydrogen-bond donors (Lipinski definition) is 0. The van der Waals surface area contributed by atoms with Crippen LogP contribution in [0.3, 0.4) is 0 Å². The van der Waals surface area contributed by atoms with Crippen LogP contribution < -0.4 is 4.74 Å². The summed E-state index contributed by atoms with van der Waals surface area (Å²) in [7, 11) is 0. The molecule has 1 amide bonds. The van der Waals surface area contributed by atoms with E-state index in [9.17, 15) is 4.79 Å². The quantitative estimate of drug-likeness (QED) is 0.292. The number of amides is 1. The Hall–Kier alpha value is -2.08. The van der Waals surface area contributed by atoms with Crippen molar-refractivity contribution in [2.24, 2.45) is 10.6 Å². The van der Waals surface area contributed by atoms with Gasteiger partial charge in [0.2, 0.25) is 0 Å². The van der Waals surface area contributed by atoms with Crippen LogP contribution in [-0.2, 0) is 16.1 Å². The predicted octanol–water partition coefficient (Wildman–Crippen LogP) is 4.28. The van der Waals surface area contributed by atoms with Crippen LogP contribution in [0.2, 0.25) is 0 Å². The Bertz CT molecular complexity index is 729. The normalized spacial score (nSPS) is 20.6. The SMILES string of the molecule is O=C(COc1ccc(CCC=NOCCCN2CCC3(CC2)CC3)cc1)N1CCCCC1. The number of piperidine rings is 2. The fraction of sp³-hybridized carbons (Fsp3) is 0.692. The van der Waals surface area contributed by atoms with E-state index in [0.29, 0.717) is 6.61 Å². The first-order chi connectivity index (χ1) is 15.7. The Morgan fingerprint density at radius 2 is 1.75 bits per heavy atom. The lowest BCUT2D eigenvalue weighted by atomic mass is 9.94. The van der Waals surface area contributed by atoms with Gasteiger partial charge in [0.1, 0.15) is 12.4 Å². The van der Waals surface area contributed by atoms with E-state index >= 15 is 0 Å². The number of hydrogen-bond acceptors (Lipinski definition) is 5. The molecule has 0 bridgehead atoms. The standard InChI is InChI=1S/C26H39N3O3/c30-25(29-17-2-1-3-18-29)22-31-24-9-7-23(8-10-24)6-4-15-27-32-21-5-16-28-19-13-26(11-12-26)14-20-28/h7-10,15H,1-6,11-14,16-22H2. The Labute approximate surface area is 192 Å². The van der Waals surface area contributed by atoms with Gasteiger partial charge in [0.15, 0.2) is 6.61 Å². The van der Waals surface area contributed by atoms with E-state index in [1.807, 2.05) is 23.2 Å². The Kier molecular flexibility index (Phi) is 8.43. The second-order valence-electron chi connectivity index (χ2n) is 9.73. The van der Waals surface area contributed by atoms with Gasteiger partial charge in [-0.15, -0.1) is 0 Å². The van der Waals surface area contributed by atoms with Crippen molar-refractivity contribution in [3.05, 3.63) is 29.8 Å². The van der Waals surface area contributed by atoms with Crippen LogP contribution in [0.4, 0.5) is 0 Å². The summed E-state index contributed by atoms with van der Waals surface area (Å²) in [6.45, 7) is 6.21. The van der Waals surface area contributed by atoms with Crippen LogP contribution >= 0.6 is 0 Å². The monoisotopic (exact) mass is 441 g/mol. The van der Waals surface area contributed by atoms with Gasteiger partial charge in [0.25, 0.3) is 5.91 Å². The third-order valence-electron chi connectivity index (χ3n) is 7.29. The topological polar surface area (TPSA) is 54.4 Å². The molecule has 3 aliphatic rings. The minimum Gasteiger partial charge on any atom is -0.484 e. The fourth-order valence-corrected chi connectivity index (χ4v) is 4.80. The van der Waals surface area contributed by atoms with Crippen LogP contribution in [0, 0.1) is 5.41 Å². The molecule has 0 unspecified atom stereocenters. The molecule has 1 aliphatic carbocycles. The summed E-state index contributed by atoms with van der Waals surface area (Å²) in [4.78, 5) is 22.1. The maximum atomic E-state index is 12.2. The third-order valence-corrected chi connectivity index (χ3v) is 7.29. The minimum atomic E-state index is 0.0903. The zero-order valence-corrected chi connectivity index (χ0v) is 19.5. The number of carbonyl (C=O) groups excluding carboxylic acids is 1. The van der Waals surface area contributed by atoms with E-state index in [2.05, 4.69) is 22.2 Å². The highest BCUT2D eigenvalue weighted by Crippen LogP contribution is 2.53. The molecule has 2 saturated heterocycles. The van der Waals surface area contributed by atoms with Crippen molar-refractivity contribution >= 4 is 12.1 Å². The Morgan fingerprint density at radius 1 is 1.00 bits per heavy atom. The number of nitrogens with zero attached hydrogens (tertiary/aromatic N) is 3. The number of benzene rings is 1. The summed E-state index contributed by atoms with van der Waals surface area (Å²) < 4.78 is 5.67. The van der Waals surface area contributed by atoms with Gasteiger partial charge in [-0.3, -0.25) is 4.79 Å². The second kappa shape index (κ2) is 11.7. The average Bonchev–Trinajstić information content (AvgIpc) is 3.60.